The maximum Gasteiger partial charge on any atom is 0.338 e. The normalized spacial score (nSPS) is 21.8. The van der Waals surface area contributed by atoms with Gasteiger partial charge < -0.3 is 18.9 Å². The molecule has 7 nitrogen and oxygen atoms in total. The van der Waals surface area contributed by atoms with Gasteiger partial charge in [-0.3, -0.25) is 0 Å². The van der Waals surface area contributed by atoms with Gasteiger partial charge in [-0.25, -0.2) is 14.4 Å². The molecule has 0 unspecified atom stereocenters. The van der Waals surface area contributed by atoms with E-state index in [-0.39, 0.29) is 6.61 Å². The van der Waals surface area contributed by atoms with Crippen LogP contribution in [0, 0.1) is 0 Å². The molecule has 4 rings (SSSR count). The van der Waals surface area contributed by atoms with Crippen LogP contribution in [0.5, 0.6) is 0 Å². The Morgan fingerprint density at radius 2 is 1.00 bits per heavy atom. The Balaban J connectivity index is 1.59. The van der Waals surface area contributed by atoms with Crippen LogP contribution in [0.15, 0.2) is 91.0 Å². The summed E-state index contributed by atoms with van der Waals surface area (Å²) in [5, 5.41) is -0.791. The minimum Gasteiger partial charge on any atom is -0.452 e. The molecule has 0 amide bonds. The molecule has 1 fully saturated rings. The molecule has 1 saturated heterocycles. The molecule has 1 aliphatic heterocycles. The lowest BCUT2D eigenvalue weighted by Gasteiger charge is -2.38. The summed E-state index contributed by atoms with van der Waals surface area (Å²) in [4.78, 5) is 38.3. The first kappa shape index (κ1) is 23.7. The second-order valence-corrected chi connectivity index (χ2v) is 8.37. The SMILES string of the molecule is O=C(O[C@@H]1[C@@H](OC(=O)c2ccccc2)[C@H](OC(=O)c2ccccc2)CO[C@H]1Br)c1ccccc1. The van der Waals surface area contributed by atoms with Gasteiger partial charge in [-0.2, -0.15) is 0 Å². The van der Waals surface area contributed by atoms with Crippen LogP contribution < -0.4 is 0 Å². The molecule has 0 aromatic heterocycles. The topological polar surface area (TPSA) is 88.1 Å². The van der Waals surface area contributed by atoms with Gasteiger partial charge in [0.25, 0.3) is 0 Å². The quantitative estimate of drug-likeness (QED) is 0.268. The summed E-state index contributed by atoms with van der Waals surface area (Å²) in [5.74, 6) is -1.89. The van der Waals surface area contributed by atoms with Crippen LogP contribution in [0.3, 0.4) is 0 Å². The van der Waals surface area contributed by atoms with Crippen LogP contribution in [0.4, 0.5) is 0 Å². The number of carbonyl (C=O) groups is 3. The van der Waals surface area contributed by atoms with Crippen LogP contribution in [0.2, 0.25) is 0 Å². The maximum absolute atomic E-state index is 12.9. The van der Waals surface area contributed by atoms with Gasteiger partial charge in [0.2, 0.25) is 0 Å². The standard InChI is InChI=1S/C26H21BrO7/c27-23-22(34-26(30)19-14-8-3-9-15-19)21(33-25(29)18-12-6-2-7-13-18)20(16-31-23)32-24(28)17-10-4-1-5-11-17/h1-15,20-23H,16H2/t20-,21+,22-,23-/m1/s1. The average molecular weight is 525 g/mol. The summed E-state index contributed by atoms with van der Waals surface area (Å²) >= 11 is 3.35. The van der Waals surface area contributed by atoms with Crippen molar-refractivity contribution >= 4 is 33.8 Å². The van der Waals surface area contributed by atoms with Crippen molar-refractivity contribution in [1.82, 2.24) is 0 Å². The lowest BCUT2D eigenvalue weighted by molar-refractivity contribution is -0.165. The molecule has 1 aliphatic rings. The van der Waals surface area contributed by atoms with Crippen molar-refractivity contribution in [3.8, 4) is 0 Å². The molecule has 3 aromatic carbocycles. The Labute approximate surface area is 204 Å². The summed E-state index contributed by atoms with van der Waals surface area (Å²) in [6.07, 6.45) is -3.21. The predicted molar refractivity (Wildman–Crippen MR) is 126 cm³/mol. The first-order valence-corrected chi connectivity index (χ1v) is 11.5. The molecule has 0 saturated carbocycles. The Morgan fingerprint density at radius 3 is 1.44 bits per heavy atom. The van der Waals surface area contributed by atoms with Gasteiger partial charge in [-0.05, 0) is 36.4 Å². The fraction of sp³-hybridized carbons (Fsp3) is 0.192. The molecular formula is C26H21BrO7. The average Bonchev–Trinajstić information content (AvgIpc) is 2.89. The highest BCUT2D eigenvalue weighted by Gasteiger charge is 2.47. The zero-order valence-corrected chi connectivity index (χ0v) is 19.5. The number of rotatable bonds is 6. The summed E-state index contributed by atoms with van der Waals surface area (Å²) < 4.78 is 22.7. The van der Waals surface area contributed by atoms with E-state index in [0.717, 1.165) is 0 Å². The lowest BCUT2D eigenvalue weighted by atomic mass is 10.0. The molecule has 34 heavy (non-hydrogen) atoms. The number of carbonyl (C=O) groups excluding carboxylic acids is 3. The molecule has 174 valence electrons. The monoisotopic (exact) mass is 524 g/mol. The Hall–Kier alpha value is -3.49. The minimum absolute atomic E-state index is 0.0688. The number of esters is 3. The van der Waals surface area contributed by atoms with E-state index in [1.807, 2.05) is 0 Å². The zero-order chi connectivity index (χ0) is 23.9. The van der Waals surface area contributed by atoms with E-state index in [2.05, 4.69) is 15.9 Å². The lowest BCUT2D eigenvalue weighted by Crippen LogP contribution is -2.56. The largest absolute Gasteiger partial charge is 0.452 e. The molecule has 8 heteroatoms. The molecule has 1 heterocycles. The van der Waals surface area contributed by atoms with Crippen LogP contribution in [0.1, 0.15) is 31.1 Å². The van der Waals surface area contributed by atoms with E-state index in [0.29, 0.717) is 16.7 Å². The van der Waals surface area contributed by atoms with E-state index < -0.39 is 41.2 Å². The highest BCUT2D eigenvalue weighted by molar-refractivity contribution is 9.09. The van der Waals surface area contributed by atoms with E-state index >= 15 is 0 Å². The Morgan fingerprint density at radius 1 is 0.618 bits per heavy atom. The third-order valence-electron chi connectivity index (χ3n) is 5.14. The zero-order valence-electron chi connectivity index (χ0n) is 17.9. The number of alkyl halides is 1. The van der Waals surface area contributed by atoms with Crippen molar-refractivity contribution in [3.63, 3.8) is 0 Å². The first-order chi connectivity index (χ1) is 16.5. The van der Waals surface area contributed by atoms with Crippen molar-refractivity contribution in [3.05, 3.63) is 108 Å². The van der Waals surface area contributed by atoms with Gasteiger partial charge in [-0.15, -0.1) is 0 Å². The van der Waals surface area contributed by atoms with Gasteiger partial charge in [0.15, 0.2) is 23.3 Å². The van der Waals surface area contributed by atoms with Gasteiger partial charge in [-0.1, -0.05) is 70.5 Å². The fourth-order valence-electron chi connectivity index (χ4n) is 3.41. The first-order valence-electron chi connectivity index (χ1n) is 10.6. The molecule has 0 aliphatic carbocycles. The number of hydrogen-bond acceptors (Lipinski definition) is 7. The number of ether oxygens (including phenoxy) is 4. The van der Waals surface area contributed by atoms with Crippen molar-refractivity contribution < 1.29 is 33.3 Å². The maximum atomic E-state index is 12.9. The smallest absolute Gasteiger partial charge is 0.338 e. The number of hydrogen-bond donors (Lipinski definition) is 0. The molecule has 0 spiro atoms. The van der Waals surface area contributed by atoms with Crippen molar-refractivity contribution in [2.24, 2.45) is 0 Å². The van der Waals surface area contributed by atoms with Gasteiger partial charge in [0.1, 0.15) is 0 Å². The van der Waals surface area contributed by atoms with Crippen LogP contribution >= 0.6 is 15.9 Å². The predicted octanol–water partition coefficient (Wildman–Crippen LogP) is 4.41. The highest BCUT2D eigenvalue weighted by Crippen LogP contribution is 2.29. The minimum atomic E-state index is -1.12. The Kier molecular flexibility index (Phi) is 7.72. The number of halogens is 1. The van der Waals surface area contributed by atoms with Crippen LogP contribution in [-0.4, -0.2) is 47.8 Å². The summed E-state index contributed by atoms with van der Waals surface area (Å²) in [6, 6.07) is 25.2. The molecule has 3 aromatic rings. The molecule has 4 atom stereocenters. The van der Waals surface area contributed by atoms with Crippen molar-refractivity contribution in [1.29, 1.82) is 0 Å². The number of benzene rings is 3. The molecule has 0 bridgehead atoms. The molecule has 0 N–H and O–H groups in total. The van der Waals surface area contributed by atoms with E-state index in [1.54, 1.807) is 91.0 Å². The van der Waals surface area contributed by atoms with Crippen molar-refractivity contribution in [2.45, 2.75) is 23.3 Å². The highest BCUT2D eigenvalue weighted by atomic mass is 79.9. The third kappa shape index (κ3) is 5.70. The second kappa shape index (κ2) is 11.1. The van der Waals surface area contributed by atoms with E-state index in [9.17, 15) is 14.4 Å². The van der Waals surface area contributed by atoms with E-state index in [1.165, 1.54) is 0 Å². The van der Waals surface area contributed by atoms with Crippen molar-refractivity contribution in [2.75, 3.05) is 6.61 Å². The van der Waals surface area contributed by atoms with E-state index in [4.69, 9.17) is 18.9 Å². The van der Waals surface area contributed by atoms with Gasteiger partial charge >= 0.3 is 17.9 Å². The van der Waals surface area contributed by atoms with Gasteiger partial charge in [0.05, 0.1) is 23.3 Å². The fourth-order valence-corrected chi connectivity index (χ4v) is 3.97. The van der Waals surface area contributed by atoms with Crippen LogP contribution in [-0.2, 0) is 18.9 Å². The van der Waals surface area contributed by atoms with Gasteiger partial charge in [0, 0.05) is 0 Å². The Bertz CT molecular complexity index is 1120. The molecule has 0 radical (unpaired) electrons. The summed E-state index contributed by atoms with van der Waals surface area (Å²) in [6.45, 7) is -0.0688. The van der Waals surface area contributed by atoms with Crippen LogP contribution in [0.25, 0.3) is 0 Å². The third-order valence-corrected chi connectivity index (χ3v) is 5.93. The second-order valence-electron chi connectivity index (χ2n) is 7.47. The summed E-state index contributed by atoms with van der Waals surface area (Å²) in [7, 11) is 0. The summed E-state index contributed by atoms with van der Waals surface area (Å²) in [5.41, 5.74) is 0.953. The molecular weight excluding hydrogens is 504 g/mol.